The third-order valence-corrected chi connectivity index (χ3v) is 2.40. The number of hydrogen-bond donors (Lipinski definition) is 1. The molecule has 0 unspecified atom stereocenters. The van der Waals surface area contributed by atoms with Gasteiger partial charge in [0.25, 0.3) is 0 Å². The van der Waals surface area contributed by atoms with Gasteiger partial charge in [0.05, 0.1) is 12.7 Å². The smallest absolute Gasteiger partial charge is 0.416 e. The van der Waals surface area contributed by atoms with Crippen LogP contribution < -0.4 is 10.5 Å². The largest absolute Gasteiger partial charge is 0.497 e. The predicted octanol–water partition coefficient (Wildman–Crippen LogP) is 2.75. The van der Waals surface area contributed by atoms with E-state index in [9.17, 15) is 13.2 Å². The molecular weight excluding hydrogens is 259 g/mol. The van der Waals surface area contributed by atoms with Crippen molar-refractivity contribution < 1.29 is 17.9 Å². The van der Waals surface area contributed by atoms with Crippen molar-refractivity contribution in [2.75, 3.05) is 12.8 Å². The first-order valence-electron chi connectivity index (χ1n) is 5.25. The number of anilines is 1. The Labute approximate surface area is 107 Å². The molecule has 1 heterocycles. The Morgan fingerprint density at radius 3 is 2.53 bits per heavy atom. The number of methoxy groups -OCH3 is 1. The third kappa shape index (κ3) is 2.93. The van der Waals surface area contributed by atoms with Crippen molar-refractivity contribution >= 4 is 5.82 Å². The zero-order chi connectivity index (χ0) is 14.0. The summed E-state index contributed by atoms with van der Waals surface area (Å²) >= 11 is 0. The second-order valence-corrected chi connectivity index (χ2v) is 3.75. The molecule has 0 spiro atoms. The highest BCUT2D eigenvalue weighted by molar-refractivity contribution is 5.60. The van der Waals surface area contributed by atoms with Crippen molar-refractivity contribution in [2.24, 2.45) is 0 Å². The van der Waals surface area contributed by atoms with Crippen LogP contribution in [0.15, 0.2) is 30.5 Å². The maximum atomic E-state index is 12.8. The van der Waals surface area contributed by atoms with Crippen molar-refractivity contribution in [3.8, 4) is 17.1 Å². The van der Waals surface area contributed by atoms with E-state index in [1.165, 1.54) is 25.4 Å². The average Bonchev–Trinajstić information content (AvgIpc) is 2.37. The summed E-state index contributed by atoms with van der Waals surface area (Å²) in [6.45, 7) is 0. The number of alkyl halides is 3. The molecule has 0 amide bonds. The molecule has 0 aliphatic rings. The summed E-state index contributed by atoms with van der Waals surface area (Å²) in [4.78, 5) is 7.78. The Morgan fingerprint density at radius 1 is 1.21 bits per heavy atom. The summed E-state index contributed by atoms with van der Waals surface area (Å²) in [5.74, 6) is 0.377. The summed E-state index contributed by atoms with van der Waals surface area (Å²) in [5, 5.41) is 0. The van der Waals surface area contributed by atoms with Gasteiger partial charge in [-0.3, -0.25) is 0 Å². The lowest BCUT2D eigenvalue weighted by Gasteiger charge is -2.11. The van der Waals surface area contributed by atoms with Gasteiger partial charge in [-0.15, -0.1) is 0 Å². The quantitative estimate of drug-likeness (QED) is 0.910. The molecule has 0 radical (unpaired) electrons. The van der Waals surface area contributed by atoms with Gasteiger partial charge in [-0.05, 0) is 24.3 Å². The van der Waals surface area contributed by atoms with Gasteiger partial charge in [0.15, 0.2) is 5.82 Å². The van der Waals surface area contributed by atoms with Gasteiger partial charge in [-0.1, -0.05) is 0 Å². The first kappa shape index (κ1) is 13.1. The highest BCUT2D eigenvalue weighted by atomic mass is 19.4. The molecule has 2 aromatic rings. The van der Waals surface area contributed by atoms with E-state index < -0.39 is 11.7 Å². The lowest BCUT2D eigenvalue weighted by Crippen LogP contribution is -2.06. The molecule has 1 aromatic carbocycles. The molecule has 0 atom stereocenters. The lowest BCUT2D eigenvalue weighted by molar-refractivity contribution is -0.137. The van der Waals surface area contributed by atoms with Crippen molar-refractivity contribution in [3.05, 3.63) is 36.0 Å². The van der Waals surface area contributed by atoms with Crippen molar-refractivity contribution in [2.45, 2.75) is 6.18 Å². The highest BCUT2D eigenvalue weighted by Gasteiger charge is 2.31. The summed E-state index contributed by atoms with van der Waals surface area (Å²) in [6.07, 6.45) is -3.09. The van der Waals surface area contributed by atoms with Crippen LogP contribution in [-0.4, -0.2) is 17.1 Å². The van der Waals surface area contributed by atoms with Gasteiger partial charge in [0.2, 0.25) is 0 Å². The van der Waals surface area contributed by atoms with Crippen LogP contribution in [0.3, 0.4) is 0 Å². The molecule has 0 fully saturated rings. The van der Waals surface area contributed by atoms with Gasteiger partial charge in [0, 0.05) is 11.8 Å². The topological polar surface area (TPSA) is 61.0 Å². The Morgan fingerprint density at radius 2 is 1.95 bits per heavy atom. The maximum Gasteiger partial charge on any atom is 0.416 e. The highest BCUT2D eigenvalue weighted by Crippen LogP contribution is 2.34. The summed E-state index contributed by atoms with van der Waals surface area (Å²) < 4.78 is 43.1. The molecule has 4 nitrogen and oxygen atoms in total. The SMILES string of the molecule is COc1cc(-c2nccc(N)n2)cc(C(F)(F)F)c1. The Kier molecular flexibility index (Phi) is 3.28. The number of ether oxygens (including phenoxy) is 1. The fraction of sp³-hybridized carbons (Fsp3) is 0.167. The van der Waals surface area contributed by atoms with Crippen LogP contribution in [0, 0.1) is 0 Å². The number of hydrogen-bond acceptors (Lipinski definition) is 4. The van der Waals surface area contributed by atoms with Gasteiger partial charge in [-0.2, -0.15) is 13.2 Å². The summed E-state index contributed by atoms with van der Waals surface area (Å²) in [7, 11) is 1.29. The molecule has 0 saturated heterocycles. The van der Waals surface area contributed by atoms with Crippen LogP contribution in [0.5, 0.6) is 5.75 Å². The summed E-state index contributed by atoms with van der Waals surface area (Å²) in [6, 6.07) is 4.74. The van der Waals surface area contributed by atoms with Crippen LogP contribution in [-0.2, 0) is 6.18 Å². The molecule has 0 aliphatic heterocycles. The van der Waals surface area contributed by atoms with E-state index in [0.717, 1.165) is 12.1 Å². The van der Waals surface area contributed by atoms with E-state index in [1.54, 1.807) is 0 Å². The van der Waals surface area contributed by atoms with E-state index in [4.69, 9.17) is 10.5 Å². The van der Waals surface area contributed by atoms with Gasteiger partial charge in [-0.25, -0.2) is 9.97 Å². The number of benzene rings is 1. The zero-order valence-corrected chi connectivity index (χ0v) is 9.90. The molecule has 1 aromatic heterocycles. The van der Waals surface area contributed by atoms with Crippen LogP contribution in [0.2, 0.25) is 0 Å². The van der Waals surface area contributed by atoms with Crippen molar-refractivity contribution in [1.29, 1.82) is 0 Å². The minimum absolute atomic E-state index is 0.0795. The van der Waals surface area contributed by atoms with Gasteiger partial charge < -0.3 is 10.5 Å². The normalized spacial score (nSPS) is 11.4. The van der Waals surface area contributed by atoms with Crippen LogP contribution in [0.1, 0.15) is 5.56 Å². The zero-order valence-electron chi connectivity index (χ0n) is 9.90. The molecule has 19 heavy (non-hydrogen) atoms. The molecule has 0 aliphatic carbocycles. The molecular formula is C12H10F3N3O. The van der Waals surface area contributed by atoms with E-state index in [2.05, 4.69) is 9.97 Å². The number of rotatable bonds is 2. The van der Waals surface area contributed by atoms with E-state index in [1.807, 2.05) is 0 Å². The number of nitrogen functional groups attached to an aromatic ring is 1. The molecule has 100 valence electrons. The summed E-state index contributed by atoms with van der Waals surface area (Å²) in [5.41, 5.74) is 4.85. The Balaban J connectivity index is 2.57. The minimum Gasteiger partial charge on any atom is -0.497 e. The van der Waals surface area contributed by atoms with Gasteiger partial charge in [0.1, 0.15) is 11.6 Å². The fourth-order valence-electron chi connectivity index (χ4n) is 1.52. The van der Waals surface area contributed by atoms with Gasteiger partial charge >= 0.3 is 6.18 Å². The molecule has 2 N–H and O–H groups in total. The third-order valence-electron chi connectivity index (χ3n) is 2.40. The van der Waals surface area contributed by atoms with Crippen molar-refractivity contribution in [3.63, 3.8) is 0 Å². The van der Waals surface area contributed by atoms with Crippen LogP contribution in [0.25, 0.3) is 11.4 Å². The maximum absolute atomic E-state index is 12.8. The van der Waals surface area contributed by atoms with E-state index in [-0.39, 0.29) is 23.0 Å². The number of aromatic nitrogens is 2. The molecule has 7 heteroatoms. The molecule has 2 rings (SSSR count). The molecule has 0 bridgehead atoms. The number of nitrogens with two attached hydrogens (primary N) is 1. The number of halogens is 3. The van der Waals surface area contributed by atoms with Crippen LogP contribution >= 0.6 is 0 Å². The van der Waals surface area contributed by atoms with Crippen LogP contribution in [0.4, 0.5) is 19.0 Å². The monoisotopic (exact) mass is 269 g/mol. The van der Waals surface area contributed by atoms with Crippen molar-refractivity contribution in [1.82, 2.24) is 9.97 Å². The Bertz CT molecular complexity index is 599. The minimum atomic E-state index is -4.47. The number of nitrogens with zero attached hydrogens (tertiary/aromatic N) is 2. The average molecular weight is 269 g/mol. The second kappa shape index (κ2) is 4.75. The van der Waals surface area contributed by atoms with E-state index in [0.29, 0.717) is 0 Å². The lowest BCUT2D eigenvalue weighted by atomic mass is 10.1. The van der Waals surface area contributed by atoms with E-state index >= 15 is 0 Å². The fourth-order valence-corrected chi connectivity index (χ4v) is 1.52. The first-order chi connectivity index (χ1) is 8.90. The second-order valence-electron chi connectivity index (χ2n) is 3.75. The predicted molar refractivity (Wildman–Crippen MR) is 63.4 cm³/mol. The first-order valence-corrected chi connectivity index (χ1v) is 5.25. The molecule has 0 saturated carbocycles. The standard InChI is InChI=1S/C12H10F3N3O/c1-19-9-5-7(4-8(6-9)12(13,14)15)11-17-3-2-10(16)18-11/h2-6H,1H3,(H2,16,17,18). The Hall–Kier alpha value is -2.31.